The largest absolute Gasteiger partial charge is 0.497 e. The Morgan fingerprint density at radius 1 is 0.966 bits per heavy atom. The van der Waals surface area contributed by atoms with Gasteiger partial charge in [-0.25, -0.2) is 0 Å². The van der Waals surface area contributed by atoms with E-state index in [0.29, 0.717) is 18.9 Å². The second-order valence-corrected chi connectivity index (χ2v) is 7.60. The highest BCUT2D eigenvalue weighted by atomic mass is 16.5. The van der Waals surface area contributed by atoms with Crippen LogP contribution in [-0.2, 0) is 9.59 Å². The minimum atomic E-state index is -1.22. The highest BCUT2D eigenvalue weighted by molar-refractivity contribution is 6.10. The van der Waals surface area contributed by atoms with Gasteiger partial charge in [-0.1, -0.05) is 32.0 Å². The maximum Gasteiger partial charge on any atom is 0.239 e. The molecule has 0 saturated carbocycles. The zero-order chi connectivity index (χ0) is 21.4. The summed E-state index contributed by atoms with van der Waals surface area (Å²) in [4.78, 5) is 25.3. The molecule has 0 radical (unpaired) electrons. The summed E-state index contributed by atoms with van der Waals surface area (Å²) in [7, 11) is 1.60. The average molecular weight is 399 g/mol. The van der Waals surface area contributed by atoms with E-state index in [9.17, 15) is 9.59 Å². The van der Waals surface area contributed by atoms with Crippen LogP contribution in [0.4, 0.5) is 5.69 Å². The van der Waals surface area contributed by atoms with Crippen molar-refractivity contribution in [1.82, 2.24) is 5.32 Å². The van der Waals surface area contributed by atoms with Crippen LogP contribution in [-0.4, -0.2) is 32.1 Å². The van der Waals surface area contributed by atoms with Gasteiger partial charge in [0.2, 0.25) is 11.8 Å². The predicted octanol–water partition coefficient (Wildman–Crippen LogP) is 3.98. The normalized spacial score (nSPS) is 11.1. The molecule has 0 heterocycles. The third kappa shape index (κ3) is 5.98. The van der Waals surface area contributed by atoms with Crippen molar-refractivity contribution in [3.63, 3.8) is 0 Å². The quantitative estimate of drug-likeness (QED) is 0.495. The Labute approximate surface area is 172 Å². The monoisotopic (exact) mass is 398 g/mol. The molecule has 2 N–H and O–H groups in total. The molecule has 0 aliphatic carbocycles. The number of para-hydroxylation sites is 1. The van der Waals surface area contributed by atoms with Crippen molar-refractivity contribution in [3.8, 4) is 11.5 Å². The van der Waals surface area contributed by atoms with Gasteiger partial charge in [0, 0.05) is 5.69 Å². The van der Waals surface area contributed by atoms with Crippen molar-refractivity contribution in [2.75, 3.05) is 25.6 Å². The van der Waals surface area contributed by atoms with Crippen LogP contribution in [0.2, 0.25) is 0 Å². The van der Waals surface area contributed by atoms with Crippen molar-refractivity contribution in [2.45, 2.75) is 33.6 Å². The summed E-state index contributed by atoms with van der Waals surface area (Å²) < 4.78 is 10.7. The Morgan fingerprint density at radius 2 is 1.59 bits per heavy atom. The molecule has 2 amide bonds. The Kier molecular flexibility index (Phi) is 7.65. The molecule has 6 nitrogen and oxygen atoms in total. The van der Waals surface area contributed by atoms with Crippen molar-refractivity contribution in [1.29, 1.82) is 0 Å². The number of amides is 2. The van der Waals surface area contributed by atoms with Crippen molar-refractivity contribution in [3.05, 3.63) is 54.1 Å². The van der Waals surface area contributed by atoms with E-state index in [1.165, 1.54) is 0 Å². The molecule has 0 spiro atoms. The Bertz CT molecular complexity index is 829. The highest BCUT2D eigenvalue weighted by Crippen LogP contribution is 2.26. The summed E-state index contributed by atoms with van der Waals surface area (Å²) in [6.45, 7) is 7.94. The molecule has 29 heavy (non-hydrogen) atoms. The van der Waals surface area contributed by atoms with Crippen molar-refractivity contribution >= 4 is 17.5 Å². The van der Waals surface area contributed by atoms with Crippen LogP contribution in [0.3, 0.4) is 0 Å². The van der Waals surface area contributed by atoms with Gasteiger partial charge in [0.1, 0.15) is 23.5 Å². The van der Waals surface area contributed by atoms with Crippen LogP contribution >= 0.6 is 0 Å². The first kappa shape index (κ1) is 22.3. The molecule has 0 aromatic heterocycles. The zero-order valence-electron chi connectivity index (χ0n) is 17.7. The van der Waals surface area contributed by atoms with Crippen LogP contribution in [0.15, 0.2) is 48.5 Å². The molecule has 2 rings (SSSR count). The summed E-state index contributed by atoms with van der Waals surface area (Å²) in [5.74, 6) is 0.993. The lowest BCUT2D eigenvalue weighted by Crippen LogP contribution is -2.46. The number of carbonyl (C=O) groups is 2. The standard InChI is InChI=1S/C23H30N2O4/c1-16(2)19-8-6-7-9-20(19)25-22(27)23(3,4)21(26)24-14-15-29-18-12-10-17(28-5)11-13-18/h6-13,16H,14-15H2,1-5H3,(H,24,26)(H,25,27). The molecule has 0 atom stereocenters. The number of anilines is 1. The van der Waals surface area contributed by atoms with Crippen LogP contribution in [0.25, 0.3) is 0 Å². The van der Waals surface area contributed by atoms with Crippen molar-refractivity contribution < 1.29 is 19.1 Å². The maximum atomic E-state index is 12.7. The molecule has 0 aliphatic heterocycles. The molecular formula is C23H30N2O4. The lowest BCUT2D eigenvalue weighted by molar-refractivity contribution is -0.138. The maximum absolute atomic E-state index is 12.7. The van der Waals surface area contributed by atoms with E-state index in [2.05, 4.69) is 24.5 Å². The molecule has 156 valence electrons. The first-order chi connectivity index (χ1) is 13.8. The second kappa shape index (κ2) is 9.96. The number of methoxy groups -OCH3 is 1. The van der Waals surface area contributed by atoms with E-state index in [4.69, 9.17) is 9.47 Å². The van der Waals surface area contributed by atoms with E-state index in [1.54, 1.807) is 45.2 Å². The second-order valence-electron chi connectivity index (χ2n) is 7.60. The Morgan fingerprint density at radius 3 is 2.21 bits per heavy atom. The van der Waals surface area contributed by atoms with Gasteiger partial charge < -0.3 is 20.1 Å². The lowest BCUT2D eigenvalue weighted by atomic mass is 9.90. The first-order valence-corrected chi connectivity index (χ1v) is 9.71. The molecule has 2 aromatic rings. The van der Waals surface area contributed by atoms with Gasteiger partial charge in [-0.3, -0.25) is 9.59 Å². The van der Waals surface area contributed by atoms with Gasteiger partial charge in [-0.05, 0) is 55.7 Å². The van der Waals surface area contributed by atoms with Gasteiger partial charge in [0.25, 0.3) is 0 Å². The fourth-order valence-electron chi connectivity index (χ4n) is 2.72. The van der Waals surface area contributed by atoms with Gasteiger partial charge in [0.15, 0.2) is 0 Å². The molecule has 0 aliphatic rings. The minimum Gasteiger partial charge on any atom is -0.497 e. The number of rotatable bonds is 9. The number of ether oxygens (including phenoxy) is 2. The third-order valence-corrected chi connectivity index (χ3v) is 4.68. The fraction of sp³-hybridized carbons (Fsp3) is 0.391. The van der Waals surface area contributed by atoms with Gasteiger partial charge >= 0.3 is 0 Å². The Hall–Kier alpha value is -3.02. The topological polar surface area (TPSA) is 76.7 Å². The number of hydrogen-bond donors (Lipinski definition) is 2. The van der Waals surface area contributed by atoms with Crippen LogP contribution < -0.4 is 20.1 Å². The van der Waals surface area contributed by atoms with E-state index >= 15 is 0 Å². The minimum absolute atomic E-state index is 0.263. The highest BCUT2D eigenvalue weighted by Gasteiger charge is 2.36. The van der Waals surface area contributed by atoms with E-state index in [0.717, 1.165) is 17.0 Å². The summed E-state index contributed by atoms with van der Waals surface area (Å²) >= 11 is 0. The first-order valence-electron chi connectivity index (χ1n) is 9.71. The van der Waals surface area contributed by atoms with Gasteiger partial charge in [-0.15, -0.1) is 0 Å². The zero-order valence-corrected chi connectivity index (χ0v) is 17.7. The Balaban J connectivity index is 1.87. The van der Waals surface area contributed by atoms with E-state index in [-0.39, 0.29) is 17.7 Å². The molecule has 0 bridgehead atoms. The van der Waals surface area contributed by atoms with Crippen molar-refractivity contribution in [2.24, 2.45) is 5.41 Å². The van der Waals surface area contributed by atoms with Gasteiger partial charge in [-0.2, -0.15) is 0 Å². The summed E-state index contributed by atoms with van der Waals surface area (Å²) in [5, 5.41) is 5.67. The molecule has 2 aromatic carbocycles. The predicted molar refractivity (Wildman–Crippen MR) is 114 cm³/mol. The number of hydrogen-bond acceptors (Lipinski definition) is 4. The molecule has 0 unspecified atom stereocenters. The summed E-state index contributed by atoms with van der Waals surface area (Å²) in [6.07, 6.45) is 0. The number of carbonyl (C=O) groups excluding carboxylic acids is 2. The fourth-order valence-corrected chi connectivity index (χ4v) is 2.72. The van der Waals surface area contributed by atoms with Gasteiger partial charge in [0.05, 0.1) is 13.7 Å². The summed E-state index contributed by atoms with van der Waals surface area (Å²) in [6, 6.07) is 14.8. The van der Waals surface area contributed by atoms with E-state index < -0.39 is 5.41 Å². The molecule has 0 fully saturated rings. The van der Waals surface area contributed by atoms with Crippen LogP contribution in [0.5, 0.6) is 11.5 Å². The number of nitrogens with one attached hydrogen (secondary N) is 2. The number of benzene rings is 2. The smallest absolute Gasteiger partial charge is 0.239 e. The average Bonchev–Trinajstić information content (AvgIpc) is 2.71. The molecular weight excluding hydrogens is 368 g/mol. The van der Waals surface area contributed by atoms with E-state index in [1.807, 2.05) is 24.3 Å². The summed E-state index contributed by atoms with van der Waals surface area (Å²) in [5.41, 5.74) is 0.547. The van der Waals surface area contributed by atoms with Crippen LogP contribution in [0.1, 0.15) is 39.2 Å². The van der Waals surface area contributed by atoms with Crippen LogP contribution in [0, 0.1) is 5.41 Å². The molecule has 0 saturated heterocycles. The lowest BCUT2D eigenvalue weighted by Gasteiger charge is -2.24. The molecule has 6 heteroatoms. The third-order valence-electron chi connectivity index (χ3n) is 4.68. The SMILES string of the molecule is COc1ccc(OCCNC(=O)C(C)(C)C(=O)Nc2ccccc2C(C)C)cc1.